The summed E-state index contributed by atoms with van der Waals surface area (Å²) in [6.45, 7) is 8.41. The van der Waals surface area contributed by atoms with Crippen LogP contribution in [0.15, 0.2) is 71.2 Å². The largest absolute Gasteiger partial charge is 0.493 e. The molecule has 0 amide bonds. The maximum atomic E-state index is 6.21. The van der Waals surface area contributed by atoms with Gasteiger partial charge in [0, 0.05) is 15.9 Å². The predicted octanol–water partition coefficient (Wildman–Crippen LogP) is 9.09. The van der Waals surface area contributed by atoms with Crippen LogP contribution in [0.5, 0.6) is 11.5 Å². The first-order chi connectivity index (χ1) is 21.0. The summed E-state index contributed by atoms with van der Waals surface area (Å²) in [5.41, 5.74) is 3.53. The maximum Gasteiger partial charge on any atom is 0.163 e. The van der Waals surface area contributed by atoms with Gasteiger partial charge in [-0.2, -0.15) is 0 Å². The summed E-state index contributed by atoms with van der Waals surface area (Å²) in [5, 5.41) is 4.49. The molecule has 1 aliphatic rings. The molecule has 0 spiro atoms. The molecule has 1 saturated heterocycles. The lowest BCUT2D eigenvalue weighted by atomic mass is 9.89. The van der Waals surface area contributed by atoms with E-state index in [-0.39, 0.29) is 6.04 Å². The smallest absolute Gasteiger partial charge is 0.163 e. The van der Waals surface area contributed by atoms with Gasteiger partial charge in [-0.3, -0.25) is 0 Å². The number of likely N-dealkylation sites (tertiary alicyclic amines) is 1. The Kier molecular flexibility index (Phi) is 11.3. The van der Waals surface area contributed by atoms with E-state index in [0.717, 1.165) is 39.3 Å². The van der Waals surface area contributed by atoms with E-state index in [2.05, 4.69) is 75.5 Å². The SMILES string of the molecule is COc1cc2c(N[C@H](C)c3cccc(Br)c3)nc(C)nc2cc1OCCCCCCCN1CCC(c2ccccc2)CC1. The van der Waals surface area contributed by atoms with Crippen LogP contribution in [0.3, 0.4) is 0 Å². The van der Waals surface area contributed by atoms with Gasteiger partial charge in [0.15, 0.2) is 11.5 Å². The Morgan fingerprint density at radius 1 is 0.907 bits per heavy atom. The third-order valence-electron chi connectivity index (χ3n) is 8.53. The Hall–Kier alpha value is -3.16. The highest BCUT2D eigenvalue weighted by atomic mass is 79.9. The fraction of sp³-hybridized carbons (Fsp3) is 0.444. The van der Waals surface area contributed by atoms with Crippen molar-refractivity contribution in [2.24, 2.45) is 0 Å². The lowest BCUT2D eigenvalue weighted by molar-refractivity contribution is 0.208. The molecule has 6 nitrogen and oxygen atoms in total. The van der Waals surface area contributed by atoms with Crippen LogP contribution < -0.4 is 14.8 Å². The van der Waals surface area contributed by atoms with Crippen LogP contribution in [0, 0.1) is 6.92 Å². The minimum atomic E-state index is 0.0729. The van der Waals surface area contributed by atoms with Gasteiger partial charge in [-0.05, 0) is 94.4 Å². The van der Waals surface area contributed by atoms with Crippen molar-refractivity contribution in [3.63, 3.8) is 0 Å². The average Bonchev–Trinajstić information content (AvgIpc) is 3.02. The topological polar surface area (TPSA) is 59.5 Å². The molecule has 2 heterocycles. The lowest BCUT2D eigenvalue weighted by Crippen LogP contribution is -2.33. The van der Waals surface area contributed by atoms with Gasteiger partial charge < -0.3 is 19.7 Å². The van der Waals surface area contributed by atoms with E-state index in [1.165, 1.54) is 69.3 Å². The van der Waals surface area contributed by atoms with Crippen LogP contribution in [0.1, 0.15) is 80.8 Å². The molecule has 4 aromatic rings. The Morgan fingerprint density at radius 3 is 2.44 bits per heavy atom. The zero-order chi connectivity index (χ0) is 30.0. The number of piperidine rings is 1. The highest BCUT2D eigenvalue weighted by Crippen LogP contribution is 2.36. The third-order valence-corrected chi connectivity index (χ3v) is 9.02. The Labute approximate surface area is 265 Å². The molecule has 1 N–H and O–H groups in total. The third kappa shape index (κ3) is 8.70. The number of hydrogen-bond donors (Lipinski definition) is 1. The molecule has 0 radical (unpaired) electrons. The summed E-state index contributed by atoms with van der Waals surface area (Å²) in [6.07, 6.45) is 8.59. The Morgan fingerprint density at radius 2 is 1.67 bits per heavy atom. The molecule has 7 heteroatoms. The molecule has 1 aliphatic heterocycles. The average molecular weight is 646 g/mol. The van der Waals surface area contributed by atoms with Crippen LogP contribution in [0.4, 0.5) is 5.82 Å². The molecule has 1 fully saturated rings. The van der Waals surface area contributed by atoms with Crippen molar-refractivity contribution in [3.05, 3.63) is 88.2 Å². The van der Waals surface area contributed by atoms with Gasteiger partial charge in [-0.25, -0.2) is 9.97 Å². The molecule has 0 unspecified atom stereocenters. The van der Waals surface area contributed by atoms with Crippen molar-refractivity contribution in [2.45, 2.75) is 70.8 Å². The molecular formula is C36H45BrN4O2. The molecule has 0 saturated carbocycles. The zero-order valence-electron chi connectivity index (χ0n) is 25.8. The number of anilines is 1. The molecule has 43 heavy (non-hydrogen) atoms. The second kappa shape index (κ2) is 15.5. The second-order valence-electron chi connectivity index (χ2n) is 11.7. The van der Waals surface area contributed by atoms with E-state index >= 15 is 0 Å². The maximum absolute atomic E-state index is 6.21. The van der Waals surface area contributed by atoms with Gasteiger partial charge in [0.05, 0.1) is 25.3 Å². The molecule has 0 bridgehead atoms. The zero-order valence-corrected chi connectivity index (χ0v) is 27.4. The van der Waals surface area contributed by atoms with E-state index in [1.807, 2.05) is 31.2 Å². The van der Waals surface area contributed by atoms with Crippen molar-refractivity contribution in [1.29, 1.82) is 0 Å². The lowest BCUT2D eigenvalue weighted by Gasteiger charge is -2.32. The summed E-state index contributed by atoms with van der Waals surface area (Å²) < 4.78 is 13.0. The quantitative estimate of drug-likeness (QED) is 0.138. The molecule has 228 valence electrons. The highest BCUT2D eigenvalue weighted by Gasteiger charge is 2.20. The summed E-state index contributed by atoms with van der Waals surface area (Å²) in [7, 11) is 1.68. The number of nitrogens with zero attached hydrogens (tertiary/aromatic N) is 3. The van der Waals surface area contributed by atoms with Gasteiger partial charge in [0.25, 0.3) is 0 Å². The minimum Gasteiger partial charge on any atom is -0.493 e. The first-order valence-corrected chi connectivity index (χ1v) is 16.6. The number of unbranched alkanes of at least 4 members (excludes halogenated alkanes) is 4. The summed E-state index contributed by atoms with van der Waals surface area (Å²) in [6, 6.07) is 23.4. The van der Waals surface area contributed by atoms with Crippen LogP contribution in [-0.4, -0.2) is 48.2 Å². The van der Waals surface area contributed by atoms with Gasteiger partial charge in [0.2, 0.25) is 0 Å². The van der Waals surface area contributed by atoms with E-state index in [4.69, 9.17) is 19.4 Å². The summed E-state index contributed by atoms with van der Waals surface area (Å²) in [4.78, 5) is 12.1. The van der Waals surface area contributed by atoms with E-state index < -0.39 is 0 Å². The van der Waals surface area contributed by atoms with Gasteiger partial charge in [-0.1, -0.05) is 77.7 Å². The first kappa shape index (κ1) is 31.3. The van der Waals surface area contributed by atoms with Gasteiger partial charge >= 0.3 is 0 Å². The number of benzene rings is 3. The van der Waals surface area contributed by atoms with Crippen molar-refractivity contribution >= 4 is 32.7 Å². The number of halogens is 1. The number of aryl methyl sites for hydroxylation is 1. The van der Waals surface area contributed by atoms with Crippen LogP contribution >= 0.6 is 15.9 Å². The number of methoxy groups -OCH3 is 1. The molecule has 5 rings (SSSR count). The van der Waals surface area contributed by atoms with E-state index in [0.29, 0.717) is 18.2 Å². The molecule has 1 aromatic heterocycles. The normalized spacial score (nSPS) is 15.0. The van der Waals surface area contributed by atoms with E-state index in [9.17, 15) is 0 Å². The molecule has 3 aromatic carbocycles. The van der Waals surface area contributed by atoms with Crippen LogP contribution in [-0.2, 0) is 0 Å². The number of aromatic nitrogens is 2. The van der Waals surface area contributed by atoms with Crippen molar-refractivity contribution in [1.82, 2.24) is 14.9 Å². The van der Waals surface area contributed by atoms with Gasteiger partial charge in [-0.15, -0.1) is 0 Å². The van der Waals surface area contributed by atoms with Crippen molar-refractivity contribution < 1.29 is 9.47 Å². The summed E-state index contributed by atoms with van der Waals surface area (Å²) >= 11 is 3.57. The van der Waals surface area contributed by atoms with Crippen LogP contribution in [0.25, 0.3) is 10.9 Å². The van der Waals surface area contributed by atoms with Crippen LogP contribution in [0.2, 0.25) is 0 Å². The standard InChI is InChI=1S/C36H45BrN4O2/c1-26(30-15-12-16-31(37)23-30)38-36-32-24-34(42-3)35(25-33(32)39-27(2)40-36)43-22-11-6-4-5-10-19-41-20-17-29(18-21-41)28-13-8-7-9-14-28/h7-9,12-16,23-26,29H,4-6,10-11,17-22H2,1-3H3,(H,38,39,40)/t26-/m1/s1. The Balaban J connectivity index is 1.06. The predicted molar refractivity (Wildman–Crippen MR) is 180 cm³/mol. The van der Waals surface area contributed by atoms with Crippen molar-refractivity contribution in [2.75, 3.05) is 38.7 Å². The monoisotopic (exact) mass is 644 g/mol. The first-order valence-electron chi connectivity index (χ1n) is 15.8. The molecule has 0 aliphatic carbocycles. The minimum absolute atomic E-state index is 0.0729. The fourth-order valence-electron chi connectivity index (χ4n) is 6.06. The molecule has 1 atom stereocenters. The van der Waals surface area contributed by atoms with E-state index in [1.54, 1.807) is 7.11 Å². The van der Waals surface area contributed by atoms with Crippen molar-refractivity contribution in [3.8, 4) is 11.5 Å². The van der Waals surface area contributed by atoms with Gasteiger partial charge in [0.1, 0.15) is 11.6 Å². The number of nitrogens with one attached hydrogen (secondary N) is 1. The highest BCUT2D eigenvalue weighted by molar-refractivity contribution is 9.10. The number of rotatable bonds is 14. The molecular weight excluding hydrogens is 600 g/mol. The number of fused-ring (bicyclic) bond motifs is 1. The number of hydrogen-bond acceptors (Lipinski definition) is 6. The fourth-order valence-corrected chi connectivity index (χ4v) is 6.48. The second-order valence-corrected chi connectivity index (χ2v) is 12.6. The Bertz CT molecular complexity index is 1460. The number of ether oxygens (including phenoxy) is 2. The summed E-state index contributed by atoms with van der Waals surface area (Å²) in [5.74, 6) is 3.68.